The van der Waals surface area contributed by atoms with Gasteiger partial charge in [-0.25, -0.2) is 4.98 Å². The number of hydrogen-bond donors (Lipinski definition) is 1. The Morgan fingerprint density at radius 3 is 2.64 bits per heavy atom. The largest absolute Gasteiger partial charge is 0.497 e. The summed E-state index contributed by atoms with van der Waals surface area (Å²) in [5.74, 6) is 0.640. The van der Waals surface area contributed by atoms with Crippen LogP contribution >= 0.6 is 11.3 Å². The molecule has 3 rings (SSSR count). The van der Waals surface area contributed by atoms with Crippen molar-refractivity contribution in [2.75, 3.05) is 26.7 Å². The van der Waals surface area contributed by atoms with Crippen molar-refractivity contribution >= 4 is 23.2 Å². The van der Waals surface area contributed by atoms with Crippen LogP contribution in [0.4, 0.5) is 0 Å². The number of amides is 2. The first-order chi connectivity index (χ1) is 12.2. The molecule has 1 aromatic heterocycles. The highest BCUT2D eigenvalue weighted by molar-refractivity contribution is 7.13. The van der Waals surface area contributed by atoms with Crippen LogP contribution in [0.5, 0.6) is 5.75 Å². The van der Waals surface area contributed by atoms with Crippen LogP contribution in [-0.2, 0) is 4.79 Å². The fourth-order valence-corrected chi connectivity index (χ4v) is 3.55. The number of thiazole rings is 1. The maximum atomic E-state index is 12.2. The molecule has 2 amide bonds. The first-order valence-electron chi connectivity index (χ1n) is 8.33. The van der Waals surface area contributed by atoms with Crippen LogP contribution in [0.2, 0.25) is 0 Å². The fourth-order valence-electron chi connectivity index (χ4n) is 2.74. The molecule has 6 nitrogen and oxygen atoms in total. The van der Waals surface area contributed by atoms with Crippen molar-refractivity contribution in [1.82, 2.24) is 15.2 Å². The van der Waals surface area contributed by atoms with Gasteiger partial charge in [0.2, 0.25) is 5.91 Å². The van der Waals surface area contributed by atoms with Crippen LogP contribution in [0, 0.1) is 0 Å². The van der Waals surface area contributed by atoms with Gasteiger partial charge in [0, 0.05) is 37.0 Å². The normalized spacial score (nSPS) is 13.7. The number of benzene rings is 1. The second-order valence-corrected chi connectivity index (χ2v) is 6.72. The van der Waals surface area contributed by atoms with Gasteiger partial charge in [0.1, 0.15) is 16.5 Å². The van der Waals surface area contributed by atoms with E-state index in [0.717, 1.165) is 42.3 Å². The minimum Gasteiger partial charge on any atom is -0.497 e. The lowest BCUT2D eigenvalue weighted by Gasteiger charge is -2.14. The Morgan fingerprint density at radius 1 is 1.24 bits per heavy atom. The molecule has 25 heavy (non-hydrogen) atoms. The van der Waals surface area contributed by atoms with Crippen molar-refractivity contribution in [3.05, 3.63) is 35.3 Å². The third kappa shape index (κ3) is 4.36. The topological polar surface area (TPSA) is 71.5 Å². The fraction of sp³-hybridized carbons (Fsp3) is 0.389. The molecule has 1 aliphatic rings. The van der Waals surface area contributed by atoms with Gasteiger partial charge >= 0.3 is 0 Å². The average molecular weight is 359 g/mol. The van der Waals surface area contributed by atoms with E-state index in [0.29, 0.717) is 18.7 Å². The first-order valence-corrected chi connectivity index (χ1v) is 9.21. The predicted octanol–water partition coefficient (Wildman–Crippen LogP) is 2.56. The summed E-state index contributed by atoms with van der Waals surface area (Å²) in [6, 6.07) is 7.54. The number of carbonyl (C=O) groups is 2. The molecule has 1 saturated heterocycles. The summed E-state index contributed by atoms with van der Waals surface area (Å²) in [5.41, 5.74) is 1.32. The molecular formula is C18H21N3O3S. The molecule has 0 unspecified atom stereocenters. The lowest BCUT2D eigenvalue weighted by Crippen LogP contribution is -2.32. The molecule has 0 saturated carbocycles. The van der Waals surface area contributed by atoms with Gasteiger partial charge in [-0.1, -0.05) is 0 Å². The number of nitrogens with zero attached hydrogens (tertiary/aromatic N) is 2. The summed E-state index contributed by atoms with van der Waals surface area (Å²) in [6.07, 6.45) is 2.48. The number of hydrogen-bond acceptors (Lipinski definition) is 5. The first kappa shape index (κ1) is 17.4. The Labute approximate surface area is 150 Å². The lowest BCUT2D eigenvalue weighted by atomic mass is 10.2. The minimum absolute atomic E-state index is 0.106. The summed E-state index contributed by atoms with van der Waals surface area (Å²) < 4.78 is 5.14. The minimum atomic E-state index is -0.245. The monoisotopic (exact) mass is 359 g/mol. The van der Waals surface area contributed by atoms with Crippen molar-refractivity contribution in [3.63, 3.8) is 0 Å². The van der Waals surface area contributed by atoms with Crippen molar-refractivity contribution in [2.24, 2.45) is 0 Å². The zero-order valence-electron chi connectivity index (χ0n) is 14.2. The van der Waals surface area contributed by atoms with E-state index in [9.17, 15) is 9.59 Å². The summed E-state index contributed by atoms with van der Waals surface area (Å²) in [5, 5.41) is 5.29. The second-order valence-electron chi connectivity index (χ2n) is 5.86. The van der Waals surface area contributed by atoms with Crippen LogP contribution in [0.3, 0.4) is 0 Å². The summed E-state index contributed by atoms with van der Waals surface area (Å²) in [6.45, 7) is 2.01. The number of methoxy groups -OCH3 is 1. The van der Waals surface area contributed by atoms with E-state index in [1.54, 1.807) is 12.5 Å². The highest BCUT2D eigenvalue weighted by Gasteiger charge is 2.18. The third-order valence-corrected chi connectivity index (χ3v) is 5.05. The van der Waals surface area contributed by atoms with Crippen LogP contribution in [0.15, 0.2) is 29.6 Å². The highest BCUT2D eigenvalue weighted by Crippen LogP contribution is 2.25. The number of aromatic nitrogens is 1. The molecule has 0 radical (unpaired) electrons. The van der Waals surface area contributed by atoms with E-state index >= 15 is 0 Å². The Bertz CT molecular complexity index is 736. The molecule has 1 N–H and O–H groups in total. The zero-order chi connectivity index (χ0) is 17.6. The third-order valence-electron chi connectivity index (χ3n) is 4.16. The molecule has 0 aliphatic carbocycles. The van der Waals surface area contributed by atoms with Gasteiger partial charge < -0.3 is 15.0 Å². The number of ether oxygens (including phenoxy) is 1. The van der Waals surface area contributed by atoms with Crippen molar-refractivity contribution < 1.29 is 14.3 Å². The SMILES string of the molecule is COc1ccc(-c2nc(C(=O)NCCC(=O)N3CCCC3)cs2)cc1. The summed E-state index contributed by atoms with van der Waals surface area (Å²) >= 11 is 1.42. The number of nitrogens with one attached hydrogen (secondary N) is 1. The van der Waals surface area contributed by atoms with Gasteiger partial charge in [0.15, 0.2) is 0 Å². The number of carbonyl (C=O) groups excluding carboxylic acids is 2. The average Bonchev–Trinajstić information content (AvgIpc) is 3.33. The van der Waals surface area contributed by atoms with Crippen molar-refractivity contribution in [2.45, 2.75) is 19.3 Å². The van der Waals surface area contributed by atoms with E-state index in [1.165, 1.54) is 11.3 Å². The number of rotatable bonds is 6. The van der Waals surface area contributed by atoms with E-state index in [2.05, 4.69) is 10.3 Å². The van der Waals surface area contributed by atoms with Gasteiger partial charge in [-0.05, 0) is 37.1 Å². The summed E-state index contributed by atoms with van der Waals surface area (Å²) in [4.78, 5) is 30.4. The summed E-state index contributed by atoms with van der Waals surface area (Å²) in [7, 11) is 1.62. The molecular weight excluding hydrogens is 338 g/mol. The van der Waals surface area contributed by atoms with Gasteiger partial charge in [0.25, 0.3) is 5.91 Å². The Morgan fingerprint density at radius 2 is 1.96 bits per heavy atom. The quantitative estimate of drug-likeness (QED) is 0.860. The Hall–Kier alpha value is -2.41. The van der Waals surface area contributed by atoms with E-state index in [4.69, 9.17) is 4.74 Å². The van der Waals surface area contributed by atoms with E-state index < -0.39 is 0 Å². The van der Waals surface area contributed by atoms with Crippen LogP contribution in [0.25, 0.3) is 10.6 Å². The maximum Gasteiger partial charge on any atom is 0.270 e. The number of likely N-dealkylation sites (tertiary alicyclic amines) is 1. The van der Waals surface area contributed by atoms with E-state index in [-0.39, 0.29) is 11.8 Å². The Balaban J connectivity index is 1.52. The highest BCUT2D eigenvalue weighted by atomic mass is 32.1. The smallest absolute Gasteiger partial charge is 0.270 e. The molecule has 132 valence electrons. The molecule has 0 spiro atoms. The van der Waals surface area contributed by atoms with Crippen LogP contribution in [-0.4, -0.2) is 48.4 Å². The molecule has 2 aromatic rings. The van der Waals surface area contributed by atoms with Crippen molar-refractivity contribution in [3.8, 4) is 16.3 Å². The maximum absolute atomic E-state index is 12.2. The lowest BCUT2D eigenvalue weighted by molar-refractivity contribution is -0.129. The van der Waals surface area contributed by atoms with Gasteiger partial charge in [-0.2, -0.15) is 0 Å². The predicted molar refractivity (Wildman–Crippen MR) is 96.9 cm³/mol. The van der Waals surface area contributed by atoms with E-state index in [1.807, 2.05) is 29.2 Å². The molecule has 0 atom stereocenters. The van der Waals surface area contributed by atoms with Crippen LogP contribution < -0.4 is 10.1 Å². The van der Waals surface area contributed by atoms with Crippen molar-refractivity contribution in [1.29, 1.82) is 0 Å². The Kier molecular flexibility index (Phi) is 5.65. The van der Waals surface area contributed by atoms with Gasteiger partial charge in [0.05, 0.1) is 7.11 Å². The van der Waals surface area contributed by atoms with Crippen LogP contribution in [0.1, 0.15) is 29.8 Å². The molecule has 2 heterocycles. The van der Waals surface area contributed by atoms with Gasteiger partial charge in [-0.3, -0.25) is 9.59 Å². The standard InChI is InChI=1S/C18H21N3O3S/c1-24-14-6-4-13(5-7-14)18-20-15(12-25-18)17(23)19-9-8-16(22)21-10-2-3-11-21/h4-7,12H,2-3,8-11H2,1H3,(H,19,23). The zero-order valence-corrected chi connectivity index (χ0v) is 15.0. The molecule has 0 bridgehead atoms. The molecule has 1 fully saturated rings. The second kappa shape index (κ2) is 8.11. The molecule has 1 aliphatic heterocycles. The molecule has 7 heteroatoms. The molecule has 1 aromatic carbocycles. The van der Waals surface area contributed by atoms with Gasteiger partial charge in [-0.15, -0.1) is 11.3 Å².